The molecular weight excluding hydrogens is 461 g/mol. The Hall–Kier alpha value is -1.30. The van der Waals surface area contributed by atoms with Crippen molar-refractivity contribution >= 4 is 40.6 Å². The first-order valence-corrected chi connectivity index (χ1v) is 12.8. The van der Waals surface area contributed by atoms with E-state index in [0.717, 1.165) is 27.8 Å². The van der Waals surface area contributed by atoms with E-state index in [2.05, 4.69) is 0 Å². The third-order valence-electron chi connectivity index (χ3n) is 5.80. The van der Waals surface area contributed by atoms with Crippen molar-refractivity contribution in [3.63, 3.8) is 0 Å². The van der Waals surface area contributed by atoms with E-state index < -0.39 is 30.5 Å². The molecule has 0 spiro atoms. The minimum Gasteiger partial charge on any atom is -0.324 e. The van der Waals surface area contributed by atoms with Gasteiger partial charge in [0.05, 0.1) is 11.3 Å². The van der Waals surface area contributed by atoms with Crippen LogP contribution < -0.4 is 0 Å². The lowest BCUT2D eigenvalue weighted by Crippen LogP contribution is -2.30. The number of hydrogen-bond donors (Lipinski definition) is 1. The summed E-state index contributed by atoms with van der Waals surface area (Å²) in [5.41, 5.74) is -0.550. The molecule has 0 aliphatic carbocycles. The van der Waals surface area contributed by atoms with Gasteiger partial charge in [0.15, 0.2) is 11.6 Å². The van der Waals surface area contributed by atoms with Crippen molar-refractivity contribution in [2.75, 3.05) is 0 Å². The lowest BCUT2D eigenvalue weighted by Gasteiger charge is -2.34. The summed E-state index contributed by atoms with van der Waals surface area (Å²) in [6.45, 7) is 9.24. The first kappa shape index (κ1) is 24.3. The lowest BCUT2D eigenvalue weighted by atomic mass is 9.95. The molecular formula is C23H26ClF2O3PS. The van der Waals surface area contributed by atoms with Crippen LogP contribution in [0.2, 0.25) is 5.02 Å². The number of aryl methyl sites for hydroxylation is 1. The molecule has 0 bridgehead atoms. The molecule has 3 aromatic rings. The summed E-state index contributed by atoms with van der Waals surface area (Å²) in [7, 11) is -4.23. The summed E-state index contributed by atoms with van der Waals surface area (Å²) in [6.07, 6.45) is 0.0283. The molecule has 0 radical (unpaired) electrons. The summed E-state index contributed by atoms with van der Waals surface area (Å²) >= 11 is 7.54. The highest BCUT2D eigenvalue weighted by Crippen LogP contribution is 2.62. The van der Waals surface area contributed by atoms with Crippen molar-refractivity contribution in [2.45, 2.75) is 52.3 Å². The Morgan fingerprint density at radius 3 is 2.45 bits per heavy atom. The second-order valence-electron chi connectivity index (χ2n) is 8.61. The second kappa shape index (κ2) is 8.92. The molecule has 0 fully saturated rings. The quantitative estimate of drug-likeness (QED) is 0.343. The standard InChI is InChI=1S/C23H26ClF2O3PS/c1-13(2)23(4,5)29-30(27,28)20(11-15-6-8-18(25)19(26)10-15)22-14(3)17-12-16(24)7-9-21(17)31-22/h6-10,12-13,20H,11H2,1-5H3,(H,27,28). The number of benzene rings is 2. The van der Waals surface area contributed by atoms with E-state index in [1.54, 1.807) is 19.9 Å². The molecule has 3 nitrogen and oxygen atoms in total. The van der Waals surface area contributed by atoms with Crippen LogP contribution in [0.1, 0.15) is 49.4 Å². The molecule has 3 rings (SSSR count). The predicted octanol–water partition coefficient (Wildman–Crippen LogP) is 8.06. The van der Waals surface area contributed by atoms with Crippen molar-refractivity contribution in [2.24, 2.45) is 5.92 Å². The van der Waals surface area contributed by atoms with Gasteiger partial charge in [0, 0.05) is 14.6 Å². The zero-order valence-electron chi connectivity index (χ0n) is 18.1. The minimum atomic E-state index is -4.23. The van der Waals surface area contributed by atoms with Gasteiger partial charge in [-0.1, -0.05) is 31.5 Å². The van der Waals surface area contributed by atoms with Crippen molar-refractivity contribution < 1.29 is 22.8 Å². The Balaban J connectivity index is 2.13. The van der Waals surface area contributed by atoms with Crippen LogP contribution in [0.15, 0.2) is 36.4 Å². The van der Waals surface area contributed by atoms with Gasteiger partial charge in [0.1, 0.15) is 0 Å². The first-order valence-electron chi connectivity index (χ1n) is 9.97. The van der Waals surface area contributed by atoms with Crippen molar-refractivity contribution in [1.29, 1.82) is 0 Å². The predicted molar refractivity (Wildman–Crippen MR) is 124 cm³/mol. The summed E-state index contributed by atoms with van der Waals surface area (Å²) in [6, 6.07) is 8.98. The number of thiophene rings is 1. The van der Waals surface area contributed by atoms with Gasteiger partial charge in [-0.15, -0.1) is 11.3 Å². The van der Waals surface area contributed by atoms with Crippen LogP contribution in [0.5, 0.6) is 0 Å². The summed E-state index contributed by atoms with van der Waals surface area (Å²) in [4.78, 5) is 11.8. The largest absolute Gasteiger partial charge is 0.337 e. The molecule has 0 amide bonds. The molecule has 2 unspecified atom stereocenters. The van der Waals surface area contributed by atoms with Gasteiger partial charge >= 0.3 is 7.60 Å². The zero-order chi connectivity index (χ0) is 23.1. The van der Waals surface area contributed by atoms with E-state index >= 15 is 0 Å². The summed E-state index contributed by atoms with van der Waals surface area (Å²) < 4.78 is 47.7. The van der Waals surface area contributed by atoms with Gasteiger partial charge in [-0.3, -0.25) is 4.57 Å². The fraction of sp³-hybridized carbons (Fsp3) is 0.391. The highest BCUT2D eigenvalue weighted by atomic mass is 35.5. The molecule has 0 aliphatic rings. The van der Waals surface area contributed by atoms with Crippen molar-refractivity contribution in [3.05, 3.63) is 69.1 Å². The maximum Gasteiger partial charge on any atom is 0.337 e. The van der Waals surface area contributed by atoms with Crippen LogP contribution in [-0.2, 0) is 15.5 Å². The molecule has 8 heteroatoms. The second-order valence-corrected chi connectivity index (χ2v) is 12.1. The molecule has 1 heterocycles. The summed E-state index contributed by atoms with van der Waals surface area (Å²) in [5, 5.41) is 1.47. The van der Waals surface area contributed by atoms with Crippen LogP contribution in [0.4, 0.5) is 8.78 Å². The topological polar surface area (TPSA) is 46.5 Å². The molecule has 2 aromatic carbocycles. The molecule has 168 valence electrons. The van der Waals surface area contributed by atoms with Gasteiger partial charge in [-0.05, 0) is 80.0 Å². The maximum absolute atomic E-state index is 13.8. The third-order valence-corrected chi connectivity index (χ3v) is 9.56. The highest BCUT2D eigenvalue weighted by molar-refractivity contribution is 7.53. The Morgan fingerprint density at radius 2 is 1.84 bits per heavy atom. The molecule has 0 saturated carbocycles. The fourth-order valence-electron chi connectivity index (χ4n) is 3.28. The average molecular weight is 487 g/mol. The SMILES string of the molecule is Cc1c(C(Cc2ccc(F)c(F)c2)P(=O)(O)OC(C)(C)C(C)C)sc2ccc(Cl)cc12. The van der Waals surface area contributed by atoms with Crippen LogP contribution in [-0.4, -0.2) is 10.5 Å². The first-order chi connectivity index (χ1) is 14.3. The number of rotatable bonds is 7. The third kappa shape index (κ3) is 5.20. The lowest BCUT2D eigenvalue weighted by molar-refractivity contribution is 0.0449. The van der Waals surface area contributed by atoms with E-state index in [9.17, 15) is 18.2 Å². The molecule has 0 saturated heterocycles. The summed E-state index contributed by atoms with van der Waals surface area (Å²) in [5.74, 6) is -1.97. The number of halogens is 3. The van der Waals surface area contributed by atoms with E-state index in [0.29, 0.717) is 15.5 Å². The van der Waals surface area contributed by atoms with E-state index in [1.807, 2.05) is 32.9 Å². The van der Waals surface area contributed by atoms with Crippen molar-refractivity contribution in [1.82, 2.24) is 0 Å². The van der Waals surface area contributed by atoms with Gasteiger partial charge < -0.3 is 9.42 Å². The van der Waals surface area contributed by atoms with E-state index in [1.165, 1.54) is 17.4 Å². The highest BCUT2D eigenvalue weighted by Gasteiger charge is 2.42. The Labute approximate surface area is 190 Å². The normalized spacial score (nSPS) is 15.4. The zero-order valence-corrected chi connectivity index (χ0v) is 20.5. The Kier molecular flexibility index (Phi) is 7.00. The van der Waals surface area contributed by atoms with Gasteiger partial charge in [0.25, 0.3) is 0 Å². The monoisotopic (exact) mass is 486 g/mol. The maximum atomic E-state index is 13.8. The molecule has 31 heavy (non-hydrogen) atoms. The van der Waals surface area contributed by atoms with Crippen LogP contribution in [0, 0.1) is 24.5 Å². The fourth-order valence-corrected chi connectivity index (χ4v) is 7.13. The van der Waals surface area contributed by atoms with E-state index in [-0.39, 0.29) is 12.3 Å². The van der Waals surface area contributed by atoms with Gasteiger partial charge in [-0.2, -0.15) is 0 Å². The number of fused-ring (bicyclic) bond motifs is 1. The molecule has 0 aliphatic heterocycles. The van der Waals surface area contributed by atoms with Gasteiger partial charge in [0.2, 0.25) is 0 Å². The molecule has 1 aromatic heterocycles. The Bertz CT molecular complexity index is 1160. The number of hydrogen-bond acceptors (Lipinski definition) is 3. The smallest absolute Gasteiger partial charge is 0.324 e. The van der Waals surface area contributed by atoms with Crippen LogP contribution >= 0.6 is 30.5 Å². The minimum absolute atomic E-state index is 0.0146. The molecule has 1 N–H and O–H groups in total. The van der Waals surface area contributed by atoms with Gasteiger partial charge in [-0.25, -0.2) is 8.78 Å². The average Bonchev–Trinajstić information content (AvgIpc) is 2.97. The van der Waals surface area contributed by atoms with Crippen LogP contribution in [0.3, 0.4) is 0 Å². The molecule has 2 atom stereocenters. The Morgan fingerprint density at radius 1 is 1.16 bits per heavy atom. The van der Waals surface area contributed by atoms with Crippen molar-refractivity contribution in [3.8, 4) is 0 Å². The van der Waals surface area contributed by atoms with Crippen LogP contribution in [0.25, 0.3) is 10.1 Å². The van der Waals surface area contributed by atoms with E-state index in [4.69, 9.17) is 16.1 Å².